The molecule has 0 spiro atoms. The van der Waals surface area contributed by atoms with E-state index in [2.05, 4.69) is 25.9 Å². The number of H-pyrrole nitrogens is 1. The van der Waals surface area contributed by atoms with Gasteiger partial charge in [0, 0.05) is 18.2 Å². The molecule has 0 saturated heterocycles. The number of allylic oxidation sites excluding steroid dienone is 2. The summed E-state index contributed by atoms with van der Waals surface area (Å²) in [5.74, 6) is 0.774. The van der Waals surface area contributed by atoms with E-state index in [0.717, 1.165) is 12.1 Å². The van der Waals surface area contributed by atoms with Gasteiger partial charge >= 0.3 is 0 Å². The predicted molar refractivity (Wildman–Crippen MR) is 43.3 cm³/mol. The van der Waals surface area contributed by atoms with Crippen LogP contribution in [0.25, 0.3) is 0 Å². The maximum atomic E-state index is 10.8. The van der Waals surface area contributed by atoms with Crippen molar-refractivity contribution in [2.24, 2.45) is 0 Å². The summed E-state index contributed by atoms with van der Waals surface area (Å²) < 4.78 is 0. The number of rotatable bonds is 3. The zero-order valence-corrected chi connectivity index (χ0v) is 6.95. The molecule has 0 atom stereocenters. The first-order chi connectivity index (χ1) is 6.34. The van der Waals surface area contributed by atoms with Gasteiger partial charge in [0.25, 0.3) is 0 Å². The Hall–Kier alpha value is -1.72. The van der Waals surface area contributed by atoms with E-state index in [1.54, 1.807) is 6.08 Å². The number of carbonyl (C=O) groups is 1. The lowest BCUT2D eigenvalue weighted by atomic mass is 10.3. The monoisotopic (exact) mass is 179 g/mol. The van der Waals surface area contributed by atoms with Crippen molar-refractivity contribution in [2.75, 3.05) is 0 Å². The van der Waals surface area contributed by atoms with Crippen molar-refractivity contribution < 1.29 is 4.79 Å². The summed E-state index contributed by atoms with van der Waals surface area (Å²) in [5.41, 5.74) is 0.954. The van der Waals surface area contributed by atoms with Gasteiger partial charge in [0.1, 0.15) is 0 Å². The molecule has 0 bridgehead atoms. The lowest BCUT2D eigenvalue weighted by Gasteiger charge is -2.01. The predicted octanol–water partition coefficient (Wildman–Crippen LogP) is -0.464. The van der Waals surface area contributed by atoms with Crippen LogP contribution in [0.2, 0.25) is 0 Å². The second-order valence-corrected chi connectivity index (χ2v) is 2.82. The van der Waals surface area contributed by atoms with Gasteiger partial charge in [-0.25, -0.2) is 0 Å². The SMILES string of the molecule is O=C1C=C(NCc2nn[nH]n2)CC1. The Morgan fingerprint density at radius 1 is 1.54 bits per heavy atom. The van der Waals surface area contributed by atoms with Gasteiger partial charge in [-0.2, -0.15) is 5.21 Å². The zero-order valence-electron chi connectivity index (χ0n) is 6.95. The molecule has 2 rings (SSSR count). The molecule has 6 nitrogen and oxygen atoms in total. The van der Waals surface area contributed by atoms with Crippen LogP contribution < -0.4 is 5.32 Å². The van der Waals surface area contributed by atoms with E-state index < -0.39 is 0 Å². The number of tetrazole rings is 1. The van der Waals surface area contributed by atoms with Gasteiger partial charge < -0.3 is 5.32 Å². The Kier molecular flexibility index (Phi) is 2.03. The van der Waals surface area contributed by atoms with Crippen LogP contribution in [0.1, 0.15) is 18.7 Å². The summed E-state index contributed by atoms with van der Waals surface area (Å²) in [6, 6.07) is 0. The summed E-state index contributed by atoms with van der Waals surface area (Å²) >= 11 is 0. The number of ketones is 1. The number of hydrogen-bond acceptors (Lipinski definition) is 5. The first kappa shape index (κ1) is 7.90. The Morgan fingerprint density at radius 3 is 3.08 bits per heavy atom. The Bertz CT molecular complexity index is 329. The fourth-order valence-electron chi connectivity index (χ4n) is 1.19. The molecule has 0 unspecified atom stereocenters. The topological polar surface area (TPSA) is 83.6 Å². The molecular weight excluding hydrogens is 170 g/mol. The fraction of sp³-hybridized carbons (Fsp3) is 0.429. The smallest absolute Gasteiger partial charge is 0.193 e. The third-order valence-corrected chi connectivity index (χ3v) is 1.84. The van der Waals surface area contributed by atoms with Crippen LogP contribution in [-0.2, 0) is 11.3 Å². The molecule has 0 amide bonds. The van der Waals surface area contributed by atoms with Gasteiger partial charge in [-0.1, -0.05) is 5.21 Å². The molecule has 1 heterocycles. The van der Waals surface area contributed by atoms with Crippen molar-refractivity contribution in [1.82, 2.24) is 25.9 Å². The Balaban J connectivity index is 1.87. The minimum absolute atomic E-state index is 0.176. The van der Waals surface area contributed by atoms with Crippen LogP contribution in [0, 0.1) is 0 Å². The molecule has 13 heavy (non-hydrogen) atoms. The quantitative estimate of drug-likeness (QED) is 0.655. The lowest BCUT2D eigenvalue weighted by molar-refractivity contribution is -0.114. The van der Waals surface area contributed by atoms with Gasteiger partial charge in [0.05, 0.1) is 6.54 Å². The highest BCUT2D eigenvalue weighted by molar-refractivity contribution is 5.92. The van der Waals surface area contributed by atoms with Gasteiger partial charge in [-0.05, 0) is 6.42 Å². The molecule has 0 radical (unpaired) electrons. The maximum absolute atomic E-state index is 10.8. The number of nitrogens with zero attached hydrogens (tertiary/aromatic N) is 3. The third-order valence-electron chi connectivity index (χ3n) is 1.84. The van der Waals surface area contributed by atoms with E-state index in [0.29, 0.717) is 18.8 Å². The molecule has 0 saturated carbocycles. The maximum Gasteiger partial charge on any atom is 0.193 e. The molecule has 2 N–H and O–H groups in total. The summed E-state index contributed by atoms with van der Waals surface area (Å²) in [7, 11) is 0. The van der Waals surface area contributed by atoms with E-state index in [1.165, 1.54) is 0 Å². The van der Waals surface area contributed by atoms with E-state index in [4.69, 9.17) is 0 Å². The highest BCUT2D eigenvalue weighted by Gasteiger charge is 2.11. The lowest BCUT2D eigenvalue weighted by Crippen LogP contribution is -2.12. The van der Waals surface area contributed by atoms with Crippen molar-refractivity contribution in [2.45, 2.75) is 19.4 Å². The van der Waals surface area contributed by atoms with E-state index in [-0.39, 0.29) is 5.78 Å². The van der Waals surface area contributed by atoms with Crippen LogP contribution >= 0.6 is 0 Å². The minimum Gasteiger partial charge on any atom is -0.381 e. The van der Waals surface area contributed by atoms with Crippen LogP contribution in [0.4, 0.5) is 0 Å². The standard InChI is InChI=1S/C7H9N5O/c13-6-2-1-5(3-6)8-4-7-9-11-12-10-7/h3,8H,1-2,4H2,(H,9,10,11,12). The summed E-state index contributed by atoms with van der Waals surface area (Å²) in [6.07, 6.45) is 3.02. The fourth-order valence-corrected chi connectivity index (χ4v) is 1.19. The Labute approximate surface area is 74.4 Å². The van der Waals surface area contributed by atoms with Crippen LogP contribution in [-0.4, -0.2) is 26.4 Å². The highest BCUT2D eigenvalue weighted by atomic mass is 16.1. The van der Waals surface area contributed by atoms with Crippen molar-refractivity contribution in [1.29, 1.82) is 0 Å². The average molecular weight is 179 g/mol. The molecule has 1 aliphatic carbocycles. The summed E-state index contributed by atoms with van der Waals surface area (Å²) in [6.45, 7) is 0.510. The molecular formula is C7H9N5O. The van der Waals surface area contributed by atoms with Crippen LogP contribution in [0.3, 0.4) is 0 Å². The minimum atomic E-state index is 0.176. The molecule has 1 aromatic heterocycles. The zero-order chi connectivity index (χ0) is 9.10. The number of aromatic amines is 1. The molecule has 0 aromatic carbocycles. The van der Waals surface area contributed by atoms with Gasteiger partial charge in [-0.3, -0.25) is 4.79 Å². The first-order valence-electron chi connectivity index (χ1n) is 4.04. The van der Waals surface area contributed by atoms with Gasteiger partial charge in [0.2, 0.25) is 0 Å². The van der Waals surface area contributed by atoms with E-state index in [1.807, 2.05) is 0 Å². The van der Waals surface area contributed by atoms with Crippen molar-refractivity contribution in [3.63, 3.8) is 0 Å². The third kappa shape index (κ3) is 1.90. The second-order valence-electron chi connectivity index (χ2n) is 2.82. The first-order valence-corrected chi connectivity index (χ1v) is 4.04. The number of aromatic nitrogens is 4. The van der Waals surface area contributed by atoms with Crippen molar-refractivity contribution >= 4 is 5.78 Å². The van der Waals surface area contributed by atoms with Crippen molar-refractivity contribution in [3.05, 3.63) is 17.6 Å². The number of carbonyl (C=O) groups excluding carboxylic acids is 1. The highest BCUT2D eigenvalue weighted by Crippen LogP contribution is 2.11. The molecule has 1 aromatic rings. The average Bonchev–Trinajstić information content (AvgIpc) is 2.71. The molecule has 6 heteroatoms. The molecule has 0 fully saturated rings. The summed E-state index contributed by atoms with van der Waals surface area (Å²) in [5, 5.41) is 16.4. The normalized spacial score (nSPS) is 16.0. The molecule has 1 aliphatic rings. The molecule has 0 aliphatic heterocycles. The number of nitrogens with one attached hydrogen (secondary N) is 2. The van der Waals surface area contributed by atoms with E-state index in [9.17, 15) is 4.79 Å². The van der Waals surface area contributed by atoms with E-state index >= 15 is 0 Å². The van der Waals surface area contributed by atoms with Gasteiger partial charge in [-0.15, -0.1) is 10.2 Å². The molecule has 68 valence electrons. The van der Waals surface area contributed by atoms with Gasteiger partial charge in [0.15, 0.2) is 11.6 Å². The second kappa shape index (κ2) is 3.34. The van der Waals surface area contributed by atoms with Crippen LogP contribution in [0.15, 0.2) is 11.8 Å². The van der Waals surface area contributed by atoms with Crippen LogP contribution in [0.5, 0.6) is 0 Å². The number of hydrogen-bond donors (Lipinski definition) is 2. The van der Waals surface area contributed by atoms with Crippen molar-refractivity contribution in [3.8, 4) is 0 Å². The summed E-state index contributed by atoms with van der Waals surface area (Å²) in [4.78, 5) is 10.8. The Morgan fingerprint density at radius 2 is 2.46 bits per heavy atom. The largest absolute Gasteiger partial charge is 0.381 e.